The molecule has 26 heavy (non-hydrogen) atoms. The van der Waals surface area contributed by atoms with Crippen molar-refractivity contribution >= 4 is 0 Å². The smallest absolute Gasteiger partial charge is 0.106 e. The topological polar surface area (TPSA) is 40.7 Å². The first-order chi connectivity index (χ1) is 12.6. The Bertz CT molecular complexity index is 743. The third-order valence-electron chi connectivity index (χ3n) is 4.10. The van der Waals surface area contributed by atoms with E-state index in [1.54, 1.807) is 0 Å². The van der Waals surface area contributed by atoms with Crippen LogP contribution in [0.25, 0.3) is 11.3 Å². The maximum atomic E-state index is 4.50. The van der Waals surface area contributed by atoms with Crippen molar-refractivity contribution in [3.63, 3.8) is 0 Å². The van der Waals surface area contributed by atoms with Crippen molar-refractivity contribution in [3.05, 3.63) is 77.7 Å². The minimum atomic E-state index is 0.709. The maximum Gasteiger partial charge on any atom is 0.106 e. The molecule has 3 nitrogen and oxygen atoms in total. The molecule has 0 aliphatic rings. The lowest BCUT2D eigenvalue weighted by Gasteiger charge is -2.04. The van der Waals surface area contributed by atoms with Gasteiger partial charge in [0.15, 0.2) is 0 Å². The number of nitrogens with zero attached hydrogens (tertiary/aromatic N) is 1. The van der Waals surface area contributed by atoms with Crippen LogP contribution in [-0.4, -0.2) is 24.1 Å². The standard InChI is InChI=1S/C21H24N2.C2H7N/c1-16(2)8-13-21-22-15-20(23-21)19-11-9-18(10-12-19)14-17-6-4-3-5-7-17;1-3-2/h3-7,9-12,15-16H,8,13-14H2,1-2H3,(H,22,23);3H,1-2H3. The Morgan fingerprint density at radius 2 is 1.54 bits per heavy atom. The highest BCUT2D eigenvalue weighted by atomic mass is 14.9. The van der Waals surface area contributed by atoms with E-state index in [-0.39, 0.29) is 0 Å². The second kappa shape index (κ2) is 10.6. The number of benzene rings is 2. The molecule has 0 bridgehead atoms. The molecule has 138 valence electrons. The zero-order chi connectivity index (χ0) is 18.8. The molecule has 1 aromatic heterocycles. The molecule has 1 heterocycles. The molecule has 0 unspecified atom stereocenters. The molecule has 2 N–H and O–H groups in total. The van der Waals surface area contributed by atoms with Gasteiger partial charge in [-0.2, -0.15) is 0 Å². The Morgan fingerprint density at radius 3 is 2.15 bits per heavy atom. The van der Waals surface area contributed by atoms with Gasteiger partial charge in [-0.05, 0) is 49.5 Å². The van der Waals surface area contributed by atoms with Gasteiger partial charge in [-0.25, -0.2) is 4.98 Å². The molecule has 3 aromatic rings. The third-order valence-corrected chi connectivity index (χ3v) is 4.10. The van der Waals surface area contributed by atoms with Gasteiger partial charge in [0.25, 0.3) is 0 Å². The number of imidazole rings is 1. The van der Waals surface area contributed by atoms with Crippen molar-refractivity contribution in [1.29, 1.82) is 0 Å². The van der Waals surface area contributed by atoms with Gasteiger partial charge in [0.2, 0.25) is 0 Å². The Kier molecular flexibility index (Phi) is 8.10. The van der Waals surface area contributed by atoms with E-state index in [1.807, 2.05) is 20.3 Å². The molecule has 0 saturated carbocycles. The number of aromatic amines is 1. The molecule has 3 heteroatoms. The lowest BCUT2D eigenvalue weighted by Crippen LogP contribution is -1.94. The first-order valence-corrected chi connectivity index (χ1v) is 9.38. The van der Waals surface area contributed by atoms with Gasteiger partial charge in [0.1, 0.15) is 5.82 Å². The molecule has 0 fully saturated rings. The van der Waals surface area contributed by atoms with Gasteiger partial charge >= 0.3 is 0 Å². The van der Waals surface area contributed by atoms with E-state index in [9.17, 15) is 0 Å². The first kappa shape index (κ1) is 19.9. The molecule has 0 saturated heterocycles. The lowest BCUT2D eigenvalue weighted by molar-refractivity contribution is 0.577. The summed E-state index contributed by atoms with van der Waals surface area (Å²) in [5, 5.41) is 2.75. The average molecular weight is 350 g/mol. The summed E-state index contributed by atoms with van der Waals surface area (Å²) in [6.45, 7) is 4.49. The van der Waals surface area contributed by atoms with E-state index in [4.69, 9.17) is 0 Å². The van der Waals surface area contributed by atoms with Gasteiger partial charge < -0.3 is 10.3 Å². The number of nitrogens with one attached hydrogen (secondary N) is 2. The van der Waals surface area contributed by atoms with Crippen LogP contribution in [-0.2, 0) is 12.8 Å². The van der Waals surface area contributed by atoms with Crippen molar-refractivity contribution in [1.82, 2.24) is 15.3 Å². The molecule has 0 radical (unpaired) electrons. The quantitative estimate of drug-likeness (QED) is 0.650. The Morgan fingerprint density at radius 1 is 0.923 bits per heavy atom. The SMILES string of the molecule is CC(C)CCc1ncc(-c2ccc(Cc3ccccc3)cc2)[nH]1.CNC. The van der Waals surface area contributed by atoms with Crippen LogP contribution < -0.4 is 5.32 Å². The number of rotatable bonds is 6. The molecular formula is C23H31N3. The van der Waals surface area contributed by atoms with Crippen molar-refractivity contribution in [2.75, 3.05) is 14.1 Å². The molecule has 0 aliphatic carbocycles. The summed E-state index contributed by atoms with van der Waals surface area (Å²) in [6, 6.07) is 19.3. The van der Waals surface area contributed by atoms with Crippen LogP contribution in [0.15, 0.2) is 60.8 Å². The van der Waals surface area contributed by atoms with Crippen LogP contribution in [0, 0.1) is 5.92 Å². The largest absolute Gasteiger partial charge is 0.342 e. The fourth-order valence-electron chi connectivity index (χ4n) is 2.70. The molecule has 0 aliphatic heterocycles. The van der Waals surface area contributed by atoms with E-state index in [0.717, 1.165) is 24.4 Å². The Hall–Kier alpha value is -2.39. The molecule has 0 amide bonds. The second-order valence-corrected chi connectivity index (χ2v) is 7.04. The second-order valence-electron chi connectivity index (χ2n) is 7.04. The zero-order valence-electron chi connectivity index (χ0n) is 16.4. The normalized spacial score (nSPS) is 10.5. The van der Waals surface area contributed by atoms with E-state index in [2.05, 4.69) is 83.7 Å². The predicted molar refractivity (Wildman–Crippen MR) is 111 cm³/mol. The first-order valence-electron chi connectivity index (χ1n) is 9.38. The van der Waals surface area contributed by atoms with Crippen molar-refractivity contribution in [2.45, 2.75) is 33.1 Å². The highest BCUT2D eigenvalue weighted by molar-refractivity contribution is 5.59. The summed E-state index contributed by atoms with van der Waals surface area (Å²) >= 11 is 0. The fourth-order valence-corrected chi connectivity index (χ4v) is 2.70. The predicted octanol–water partition coefficient (Wildman–Crippen LogP) is 5.09. The third kappa shape index (κ3) is 6.49. The summed E-state index contributed by atoms with van der Waals surface area (Å²) in [4.78, 5) is 7.94. The van der Waals surface area contributed by atoms with Gasteiger partial charge in [-0.15, -0.1) is 0 Å². The minimum Gasteiger partial charge on any atom is -0.342 e. The van der Waals surface area contributed by atoms with E-state index in [1.165, 1.54) is 23.1 Å². The summed E-state index contributed by atoms with van der Waals surface area (Å²) in [5.74, 6) is 1.79. The number of aryl methyl sites for hydroxylation is 1. The summed E-state index contributed by atoms with van der Waals surface area (Å²) < 4.78 is 0. The van der Waals surface area contributed by atoms with E-state index in [0.29, 0.717) is 5.92 Å². The van der Waals surface area contributed by atoms with Crippen molar-refractivity contribution in [2.24, 2.45) is 5.92 Å². The van der Waals surface area contributed by atoms with E-state index < -0.39 is 0 Å². The summed E-state index contributed by atoms with van der Waals surface area (Å²) in [7, 11) is 3.75. The summed E-state index contributed by atoms with van der Waals surface area (Å²) in [6.07, 6.45) is 5.11. The molecular weight excluding hydrogens is 318 g/mol. The number of aromatic nitrogens is 2. The highest BCUT2D eigenvalue weighted by Gasteiger charge is 2.05. The summed E-state index contributed by atoms with van der Waals surface area (Å²) in [5.41, 5.74) is 4.98. The number of hydrogen-bond acceptors (Lipinski definition) is 2. The Balaban J connectivity index is 0.000000758. The van der Waals surface area contributed by atoms with Crippen LogP contribution in [0.4, 0.5) is 0 Å². The number of hydrogen-bond donors (Lipinski definition) is 2. The van der Waals surface area contributed by atoms with Gasteiger partial charge in [-0.3, -0.25) is 0 Å². The van der Waals surface area contributed by atoms with Crippen LogP contribution in [0.2, 0.25) is 0 Å². The van der Waals surface area contributed by atoms with Crippen LogP contribution >= 0.6 is 0 Å². The fraction of sp³-hybridized carbons (Fsp3) is 0.348. The molecule has 3 rings (SSSR count). The van der Waals surface area contributed by atoms with Gasteiger partial charge in [-0.1, -0.05) is 68.4 Å². The van der Waals surface area contributed by atoms with Crippen LogP contribution in [0.5, 0.6) is 0 Å². The van der Waals surface area contributed by atoms with Gasteiger partial charge in [0, 0.05) is 6.42 Å². The average Bonchev–Trinajstić information content (AvgIpc) is 3.11. The monoisotopic (exact) mass is 349 g/mol. The zero-order valence-corrected chi connectivity index (χ0v) is 16.4. The highest BCUT2D eigenvalue weighted by Crippen LogP contribution is 2.20. The number of H-pyrrole nitrogens is 1. The van der Waals surface area contributed by atoms with E-state index >= 15 is 0 Å². The van der Waals surface area contributed by atoms with Gasteiger partial charge in [0.05, 0.1) is 11.9 Å². The Labute approximate surface area is 157 Å². The van der Waals surface area contributed by atoms with Crippen LogP contribution in [0.1, 0.15) is 37.2 Å². The minimum absolute atomic E-state index is 0.709. The van der Waals surface area contributed by atoms with Crippen molar-refractivity contribution in [3.8, 4) is 11.3 Å². The molecule has 0 spiro atoms. The van der Waals surface area contributed by atoms with Crippen LogP contribution in [0.3, 0.4) is 0 Å². The molecule has 0 atom stereocenters. The lowest BCUT2D eigenvalue weighted by atomic mass is 10.0. The van der Waals surface area contributed by atoms with Crippen molar-refractivity contribution < 1.29 is 0 Å². The molecule has 2 aromatic carbocycles. The maximum absolute atomic E-state index is 4.50.